The summed E-state index contributed by atoms with van der Waals surface area (Å²) in [5.74, 6) is -1.00. The second-order valence-corrected chi connectivity index (χ2v) is 5.54. The monoisotopic (exact) mass is 317 g/mol. The Kier molecular flexibility index (Phi) is 5.71. The predicted molar refractivity (Wildman–Crippen MR) is 85.6 cm³/mol. The molecule has 0 heterocycles. The first-order chi connectivity index (χ1) is 11.0. The second-order valence-electron chi connectivity index (χ2n) is 5.54. The van der Waals surface area contributed by atoms with Gasteiger partial charge in [-0.15, -0.1) is 0 Å². The fraction of sp³-hybridized carbons (Fsp3) is 0.278. The number of amides is 1. The van der Waals surface area contributed by atoms with Crippen molar-refractivity contribution in [3.05, 3.63) is 65.5 Å². The number of hydrogen-bond acceptors (Lipinski definition) is 3. The average Bonchev–Trinajstić information content (AvgIpc) is 2.55. The highest BCUT2D eigenvalue weighted by Gasteiger charge is 2.19. The summed E-state index contributed by atoms with van der Waals surface area (Å²) >= 11 is 0. The van der Waals surface area contributed by atoms with Crippen LogP contribution >= 0.6 is 0 Å². The van der Waals surface area contributed by atoms with E-state index in [1.807, 2.05) is 0 Å². The van der Waals surface area contributed by atoms with Crippen molar-refractivity contribution in [2.45, 2.75) is 25.3 Å². The van der Waals surface area contributed by atoms with Gasteiger partial charge < -0.3 is 15.5 Å². The van der Waals surface area contributed by atoms with E-state index >= 15 is 0 Å². The molecule has 2 rings (SSSR count). The molecule has 1 unspecified atom stereocenters. The van der Waals surface area contributed by atoms with Crippen molar-refractivity contribution in [2.24, 2.45) is 0 Å². The molecule has 2 atom stereocenters. The molecule has 23 heavy (non-hydrogen) atoms. The van der Waals surface area contributed by atoms with Crippen LogP contribution in [0.15, 0.2) is 48.5 Å². The van der Waals surface area contributed by atoms with E-state index in [4.69, 9.17) is 0 Å². The molecule has 4 nitrogen and oxygen atoms in total. The number of aromatic hydroxyl groups is 1. The zero-order valence-electron chi connectivity index (χ0n) is 12.9. The minimum absolute atomic E-state index is 0.165. The van der Waals surface area contributed by atoms with Crippen molar-refractivity contribution in [2.75, 3.05) is 6.61 Å². The Hall–Kier alpha value is -2.40. The van der Waals surface area contributed by atoms with Crippen molar-refractivity contribution in [3.63, 3.8) is 0 Å². The molecule has 0 fully saturated rings. The molecule has 0 aromatic heterocycles. The molecular weight excluding hydrogens is 297 g/mol. The number of halogens is 1. The zero-order chi connectivity index (χ0) is 16.8. The van der Waals surface area contributed by atoms with Gasteiger partial charge in [0.05, 0.1) is 18.6 Å². The molecule has 1 amide bonds. The first-order valence-corrected chi connectivity index (χ1v) is 7.44. The van der Waals surface area contributed by atoms with E-state index in [0.717, 1.165) is 5.56 Å². The minimum Gasteiger partial charge on any atom is -0.508 e. The van der Waals surface area contributed by atoms with Gasteiger partial charge in [-0.1, -0.05) is 24.3 Å². The van der Waals surface area contributed by atoms with Gasteiger partial charge in [0.2, 0.25) is 5.91 Å². The van der Waals surface area contributed by atoms with E-state index in [0.29, 0.717) is 12.0 Å². The summed E-state index contributed by atoms with van der Waals surface area (Å²) in [7, 11) is 0. The van der Waals surface area contributed by atoms with Crippen LogP contribution in [-0.4, -0.2) is 28.8 Å². The zero-order valence-corrected chi connectivity index (χ0v) is 12.9. The number of phenols is 1. The number of aliphatic hydroxyl groups excluding tert-OH is 1. The van der Waals surface area contributed by atoms with E-state index in [1.165, 1.54) is 12.1 Å². The topological polar surface area (TPSA) is 69.6 Å². The lowest BCUT2D eigenvalue weighted by Gasteiger charge is -2.20. The van der Waals surface area contributed by atoms with Gasteiger partial charge >= 0.3 is 0 Å². The first kappa shape index (κ1) is 17.0. The lowest BCUT2D eigenvalue weighted by Crippen LogP contribution is -2.41. The van der Waals surface area contributed by atoms with Crippen LogP contribution in [0.5, 0.6) is 5.75 Å². The fourth-order valence-corrected chi connectivity index (χ4v) is 2.33. The maximum absolute atomic E-state index is 13.2. The third kappa shape index (κ3) is 4.79. The van der Waals surface area contributed by atoms with Crippen LogP contribution in [0, 0.1) is 5.82 Å². The minimum atomic E-state index is -0.514. The van der Waals surface area contributed by atoms with Gasteiger partial charge in [-0.3, -0.25) is 4.79 Å². The smallest absolute Gasteiger partial charge is 0.227 e. The Balaban J connectivity index is 2.00. The van der Waals surface area contributed by atoms with Crippen molar-refractivity contribution in [3.8, 4) is 5.75 Å². The van der Waals surface area contributed by atoms with Crippen molar-refractivity contribution < 1.29 is 19.4 Å². The van der Waals surface area contributed by atoms with Crippen LogP contribution in [0.2, 0.25) is 0 Å². The van der Waals surface area contributed by atoms with Gasteiger partial charge in [-0.25, -0.2) is 4.39 Å². The first-order valence-electron chi connectivity index (χ1n) is 7.44. The Morgan fingerprint density at radius 1 is 1.22 bits per heavy atom. The Bertz CT molecular complexity index is 658. The van der Waals surface area contributed by atoms with Gasteiger partial charge in [0.15, 0.2) is 0 Å². The molecule has 2 aromatic carbocycles. The molecular formula is C18H20FNO3. The van der Waals surface area contributed by atoms with E-state index in [1.54, 1.807) is 43.3 Å². The maximum atomic E-state index is 13.2. The molecule has 0 aliphatic heterocycles. The molecule has 0 radical (unpaired) electrons. The van der Waals surface area contributed by atoms with Gasteiger partial charge in [0.25, 0.3) is 0 Å². The van der Waals surface area contributed by atoms with Crippen LogP contribution in [-0.2, 0) is 11.2 Å². The molecule has 0 bridgehead atoms. The molecule has 0 saturated heterocycles. The largest absolute Gasteiger partial charge is 0.508 e. The number of benzene rings is 2. The number of carbonyl (C=O) groups excluding carboxylic acids is 1. The molecule has 3 N–H and O–H groups in total. The third-order valence-electron chi connectivity index (χ3n) is 3.73. The summed E-state index contributed by atoms with van der Waals surface area (Å²) in [5, 5.41) is 21.5. The quantitative estimate of drug-likeness (QED) is 0.766. The summed E-state index contributed by atoms with van der Waals surface area (Å²) < 4.78 is 13.2. The highest BCUT2D eigenvalue weighted by atomic mass is 19.1. The van der Waals surface area contributed by atoms with Crippen LogP contribution in [0.4, 0.5) is 4.39 Å². The Labute approximate surface area is 134 Å². The molecule has 5 heteroatoms. The van der Waals surface area contributed by atoms with E-state index in [2.05, 4.69) is 5.32 Å². The average molecular weight is 317 g/mol. The summed E-state index contributed by atoms with van der Waals surface area (Å²) in [5.41, 5.74) is 1.48. The lowest BCUT2D eigenvalue weighted by molar-refractivity contribution is -0.123. The predicted octanol–water partition coefficient (Wildman–Crippen LogP) is 2.35. The normalized spacial score (nSPS) is 13.3. The molecule has 122 valence electrons. The SMILES string of the molecule is CC(C(=O)N[C@H](CO)Cc1ccc(O)cc1)c1cccc(F)c1. The summed E-state index contributed by atoms with van der Waals surface area (Å²) in [6.45, 7) is 1.49. The number of phenolic OH excluding ortho intramolecular Hbond substituents is 1. The maximum Gasteiger partial charge on any atom is 0.227 e. The summed E-state index contributed by atoms with van der Waals surface area (Å²) in [6.07, 6.45) is 0.443. The third-order valence-corrected chi connectivity index (χ3v) is 3.73. The van der Waals surface area contributed by atoms with Gasteiger partial charge in [-0.05, 0) is 48.7 Å². The summed E-state index contributed by atoms with van der Waals surface area (Å²) in [4.78, 5) is 12.3. The standard InChI is InChI=1S/C18H20FNO3/c1-12(14-3-2-4-15(19)10-14)18(23)20-16(11-21)9-13-5-7-17(22)8-6-13/h2-8,10,12,16,21-22H,9,11H2,1H3,(H,20,23)/t12?,16-/m0/s1. The second kappa shape index (κ2) is 7.74. The number of hydrogen-bond donors (Lipinski definition) is 3. The van der Waals surface area contributed by atoms with Crippen molar-refractivity contribution >= 4 is 5.91 Å². The van der Waals surface area contributed by atoms with Crippen LogP contribution in [0.3, 0.4) is 0 Å². The summed E-state index contributed by atoms with van der Waals surface area (Å²) in [6, 6.07) is 12.1. The van der Waals surface area contributed by atoms with Crippen molar-refractivity contribution in [1.82, 2.24) is 5.32 Å². The number of aliphatic hydroxyl groups is 1. The van der Waals surface area contributed by atoms with Crippen LogP contribution in [0.25, 0.3) is 0 Å². The van der Waals surface area contributed by atoms with E-state index < -0.39 is 12.0 Å². The number of carbonyl (C=O) groups is 1. The van der Waals surface area contributed by atoms with Gasteiger partial charge in [-0.2, -0.15) is 0 Å². The van der Waals surface area contributed by atoms with Crippen LogP contribution in [0.1, 0.15) is 24.0 Å². The number of nitrogens with one attached hydrogen (secondary N) is 1. The van der Waals surface area contributed by atoms with Crippen LogP contribution < -0.4 is 5.32 Å². The Morgan fingerprint density at radius 3 is 2.52 bits per heavy atom. The molecule has 0 aliphatic rings. The van der Waals surface area contributed by atoms with Gasteiger partial charge in [0.1, 0.15) is 11.6 Å². The fourth-order valence-electron chi connectivity index (χ4n) is 2.33. The highest BCUT2D eigenvalue weighted by molar-refractivity contribution is 5.83. The number of rotatable bonds is 6. The lowest BCUT2D eigenvalue weighted by atomic mass is 9.99. The van der Waals surface area contributed by atoms with E-state index in [9.17, 15) is 19.4 Å². The Morgan fingerprint density at radius 2 is 1.91 bits per heavy atom. The van der Waals surface area contributed by atoms with Crippen molar-refractivity contribution in [1.29, 1.82) is 0 Å². The molecule has 0 saturated carbocycles. The molecule has 2 aromatic rings. The van der Waals surface area contributed by atoms with E-state index in [-0.39, 0.29) is 24.1 Å². The molecule has 0 spiro atoms. The molecule has 0 aliphatic carbocycles. The van der Waals surface area contributed by atoms with Gasteiger partial charge in [0, 0.05) is 0 Å². The highest BCUT2D eigenvalue weighted by Crippen LogP contribution is 2.17.